The number of nitrogens with one attached hydrogen (secondary N) is 1. The van der Waals surface area contributed by atoms with Crippen LogP contribution >= 0.6 is 11.5 Å². The molecule has 0 fully saturated rings. The van der Waals surface area contributed by atoms with Gasteiger partial charge in [-0.2, -0.15) is 9.47 Å². The van der Waals surface area contributed by atoms with E-state index in [-0.39, 0.29) is 0 Å². The Kier molecular flexibility index (Phi) is 3.09. The first-order valence-electron chi connectivity index (χ1n) is 5.11. The van der Waals surface area contributed by atoms with Gasteiger partial charge in [-0.15, -0.1) is 0 Å². The highest BCUT2D eigenvalue weighted by Crippen LogP contribution is 2.24. The van der Waals surface area contributed by atoms with E-state index in [0.717, 1.165) is 29.2 Å². The summed E-state index contributed by atoms with van der Waals surface area (Å²) in [5.41, 5.74) is 7.79. The molecule has 0 aliphatic carbocycles. The molecular formula is C10H15N5S. The summed E-state index contributed by atoms with van der Waals surface area (Å²) in [6.45, 7) is 2.82. The van der Waals surface area contributed by atoms with Crippen molar-refractivity contribution in [2.45, 2.75) is 13.3 Å². The number of hydrogen-bond donors (Lipinski definition) is 2. The number of nitrogens with two attached hydrogens (primary N) is 1. The van der Waals surface area contributed by atoms with Gasteiger partial charge in [0.25, 0.3) is 0 Å². The third-order valence-corrected chi connectivity index (χ3v) is 3.32. The zero-order chi connectivity index (χ0) is 11.5. The molecule has 6 heteroatoms. The highest BCUT2D eigenvalue weighted by Gasteiger charge is 2.05. The van der Waals surface area contributed by atoms with Gasteiger partial charge in [0.05, 0.1) is 5.69 Å². The molecule has 16 heavy (non-hydrogen) atoms. The topological polar surface area (TPSA) is 68.8 Å². The van der Waals surface area contributed by atoms with Crippen LogP contribution in [0.5, 0.6) is 0 Å². The fraction of sp³-hybridized carbons (Fsp3) is 0.400. The molecule has 0 spiro atoms. The quantitative estimate of drug-likeness (QED) is 0.844. The minimum Gasteiger partial charge on any atom is -0.383 e. The van der Waals surface area contributed by atoms with Gasteiger partial charge in [0, 0.05) is 31.8 Å². The average Bonchev–Trinajstić information content (AvgIpc) is 2.79. The molecular weight excluding hydrogens is 222 g/mol. The van der Waals surface area contributed by atoms with Crippen LogP contribution in [0.1, 0.15) is 11.3 Å². The average molecular weight is 237 g/mol. The predicted molar refractivity (Wildman–Crippen MR) is 66.7 cm³/mol. The largest absolute Gasteiger partial charge is 0.383 e. The summed E-state index contributed by atoms with van der Waals surface area (Å²) in [5.74, 6) is 0.616. The Balaban J connectivity index is 1.86. The lowest BCUT2D eigenvalue weighted by Crippen LogP contribution is -2.05. The molecule has 0 saturated carbocycles. The molecule has 3 N–H and O–H groups in total. The minimum atomic E-state index is 0.616. The van der Waals surface area contributed by atoms with Gasteiger partial charge in [-0.1, -0.05) is 0 Å². The zero-order valence-corrected chi connectivity index (χ0v) is 10.2. The maximum Gasteiger partial charge on any atom is 0.142 e. The summed E-state index contributed by atoms with van der Waals surface area (Å²) in [7, 11) is 1.92. The van der Waals surface area contributed by atoms with Crippen LogP contribution in [-0.2, 0) is 13.5 Å². The third-order valence-electron chi connectivity index (χ3n) is 2.40. The molecule has 0 bridgehead atoms. The van der Waals surface area contributed by atoms with E-state index in [1.54, 1.807) is 0 Å². The highest BCUT2D eigenvalue weighted by atomic mass is 32.1. The van der Waals surface area contributed by atoms with Crippen molar-refractivity contribution in [2.75, 3.05) is 17.6 Å². The second kappa shape index (κ2) is 4.52. The Labute approximate surface area is 98.4 Å². The van der Waals surface area contributed by atoms with E-state index in [1.165, 1.54) is 11.5 Å². The Bertz CT molecular complexity index is 473. The molecule has 86 valence electrons. The second-order valence-electron chi connectivity index (χ2n) is 3.68. The van der Waals surface area contributed by atoms with Crippen molar-refractivity contribution >= 4 is 22.4 Å². The van der Waals surface area contributed by atoms with Crippen LogP contribution in [0.3, 0.4) is 0 Å². The van der Waals surface area contributed by atoms with Crippen LogP contribution in [0.15, 0.2) is 12.3 Å². The van der Waals surface area contributed by atoms with Crippen LogP contribution in [0.2, 0.25) is 0 Å². The SMILES string of the molecule is Cc1c(N)nsc1NCCc1ccn(C)n1. The molecule has 0 unspecified atom stereocenters. The molecule has 2 rings (SSSR count). The molecule has 0 aliphatic rings. The zero-order valence-electron chi connectivity index (χ0n) is 9.40. The molecule has 0 saturated heterocycles. The summed E-state index contributed by atoms with van der Waals surface area (Å²) in [4.78, 5) is 0. The number of rotatable bonds is 4. The summed E-state index contributed by atoms with van der Waals surface area (Å²) in [5, 5.41) is 8.68. The lowest BCUT2D eigenvalue weighted by Gasteiger charge is -2.02. The smallest absolute Gasteiger partial charge is 0.142 e. The van der Waals surface area contributed by atoms with E-state index in [4.69, 9.17) is 5.73 Å². The monoisotopic (exact) mass is 237 g/mol. The van der Waals surface area contributed by atoms with E-state index in [2.05, 4.69) is 14.8 Å². The summed E-state index contributed by atoms with van der Waals surface area (Å²) in [6, 6.07) is 2.02. The van der Waals surface area contributed by atoms with Crippen LogP contribution < -0.4 is 11.1 Å². The van der Waals surface area contributed by atoms with Crippen molar-refractivity contribution in [1.29, 1.82) is 0 Å². The molecule has 5 nitrogen and oxygen atoms in total. The molecule has 0 aliphatic heterocycles. The van der Waals surface area contributed by atoms with Gasteiger partial charge < -0.3 is 11.1 Å². The van der Waals surface area contributed by atoms with E-state index in [0.29, 0.717) is 5.82 Å². The standard InChI is InChI=1S/C10H15N5S/c1-7-9(11)14-16-10(7)12-5-3-8-4-6-15(2)13-8/h4,6,12H,3,5H2,1-2H3,(H2,11,14). The van der Waals surface area contributed by atoms with E-state index >= 15 is 0 Å². The Morgan fingerprint density at radius 3 is 2.94 bits per heavy atom. The first kappa shape index (κ1) is 10.9. The Hall–Kier alpha value is -1.56. The van der Waals surface area contributed by atoms with Gasteiger partial charge in [-0.3, -0.25) is 4.68 Å². The van der Waals surface area contributed by atoms with Crippen molar-refractivity contribution in [3.8, 4) is 0 Å². The van der Waals surface area contributed by atoms with Crippen molar-refractivity contribution in [3.05, 3.63) is 23.5 Å². The van der Waals surface area contributed by atoms with Crippen LogP contribution in [0, 0.1) is 6.92 Å². The first-order chi connectivity index (χ1) is 7.66. The molecule has 0 amide bonds. The Morgan fingerprint density at radius 2 is 2.38 bits per heavy atom. The maximum atomic E-state index is 5.67. The number of nitrogen functional groups attached to an aromatic ring is 1. The lowest BCUT2D eigenvalue weighted by atomic mass is 10.3. The second-order valence-corrected chi connectivity index (χ2v) is 4.45. The molecule has 2 aromatic heterocycles. The van der Waals surface area contributed by atoms with Crippen LogP contribution in [0.4, 0.5) is 10.8 Å². The highest BCUT2D eigenvalue weighted by molar-refractivity contribution is 7.10. The Morgan fingerprint density at radius 1 is 1.56 bits per heavy atom. The molecule has 2 heterocycles. The minimum absolute atomic E-state index is 0.616. The number of aryl methyl sites for hydroxylation is 1. The van der Waals surface area contributed by atoms with Crippen LogP contribution in [0.25, 0.3) is 0 Å². The van der Waals surface area contributed by atoms with Gasteiger partial charge in [0.15, 0.2) is 0 Å². The van der Waals surface area contributed by atoms with Gasteiger partial charge in [-0.25, -0.2) is 0 Å². The fourth-order valence-electron chi connectivity index (χ4n) is 1.41. The molecule has 0 aromatic carbocycles. The molecule has 0 radical (unpaired) electrons. The summed E-state index contributed by atoms with van der Waals surface area (Å²) in [6.07, 6.45) is 2.85. The number of anilines is 2. The number of hydrogen-bond acceptors (Lipinski definition) is 5. The summed E-state index contributed by atoms with van der Waals surface area (Å²) >= 11 is 1.40. The van der Waals surface area contributed by atoms with Gasteiger partial charge in [0.2, 0.25) is 0 Å². The van der Waals surface area contributed by atoms with Crippen LogP contribution in [-0.4, -0.2) is 20.7 Å². The van der Waals surface area contributed by atoms with Crippen molar-refractivity contribution in [1.82, 2.24) is 14.2 Å². The normalized spacial score (nSPS) is 10.6. The van der Waals surface area contributed by atoms with Gasteiger partial charge in [0.1, 0.15) is 10.8 Å². The molecule has 2 aromatic rings. The van der Waals surface area contributed by atoms with E-state index in [9.17, 15) is 0 Å². The number of aromatic nitrogens is 3. The predicted octanol–water partition coefficient (Wildman–Crippen LogP) is 1.42. The van der Waals surface area contributed by atoms with E-state index < -0.39 is 0 Å². The van der Waals surface area contributed by atoms with Crippen molar-refractivity contribution in [3.63, 3.8) is 0 Å². The summed E-state index contributed by atoms with van der Waals surface area (Å²) < 4.78 is 5.89. The van der Waals surface area contributed by atoms with Gasteiger partial charge in [-0.05, 0) is 24.5 Å². The van der Waals surface area contributed by atoms with Crippen molar-refractivity contribution < 1.29 is 0 Å². The lowest BCUT2D eigenvalue weighted by molar-refractivity contribution is 0.742. The number of nitrogens with zero attached hydrogens (tertiary/aromatic N) is 3. The molecule has 0 atom stereocenters. The van der Waals surface area contributed by atoms with Gasteiger partial charge >= 0.3 is 0 Å². The van der Waals surface area contributed by atoms with E-state index in [1.807, 2.05) is 30.9 Å². The van der Waals surface area contributed by atoms with Crippen molar-refractivity contribution in [2.24, 2.45) is 7.05 Å². The first-order valence-corrected chi connectivity index (χ1v) is 5.88. The third kappa shape index (κ3) is 2.33. The maximum absolute atomic E-state index is 5.67. The fourth-order valence-corrected chi connectivity index (χ4v) is 2.15.